The molecule has 294 valence electrons. The number of aryl methyl sites for hydroxylation is 2. The highest BCUT2D eigenvalue weighted by Gasteiger charge is 2.38. The van der Waals surface area contributed by atoms with Crippen LogP contribution in [0.25, 0.3) is 56.0 Å². The quantitative estimate of drug-likeness (QED) is 0.161. The standard InChI is InChI=1S/C58H52N2/c1-38-18-21-41-12-6-10-16-55(41)59(38)46-27-25-43-35-45(24-23-44(43)36-46)49-30-26-40(48-14-8-9-15-50(48)49)22-19-39-20-29-51-52-31-28-47(37-54(52)58(4,5)53(51)34-39)60-56-17-11-7-13-42(56)32-33-57(60,2)3/h6-17,19-20,22-31,34-38H,18,21,32-33H2,1-5H3/b22-19+. The van der Waals surface area contributed by atoms with Crippen molar-refractivity contribution >= 4 is 56.4 Å². The van der Waals surface area contributed by atoms with Crippen LogP contribution < -0.4 is 9.80 Å². The van der Waals surface area contributed by atoms with Crippen molar-refractivity contribution in [2.75, 3.05) is 9.80 Å². The largest absolute Gasteiger partial charge is 0.338 e. The lowest BCUT2D eigenvalue weighted by molar-refractivity contribution is 0.447. The summed E-state index contributed by atoms with van der Waals surface area (Å²) in [5, 5.41) is 5.08. The van der Waals surface area contributed by atoms with Crippen molar-refractivity contribution in [3.63, 3.8) is 0 Å². The Morgan fingerprint density at radius 2 is 1.18 bits per heavy atom. The van der Waals surface area contributed by atoms with Crippen LogP contribution in [-0.2, 0) is 18.3 Å². The third-order valence-electron chi connectivity index (χ3n) is 14.1. The molecule has 1 aliphatic carbocycles. The zero-order valence-electron chi connectivity index (χ0n) is 35.5. The van der Waals surface area contributed by atoms with Crippen molar-refractivity contribution in [3.8, 4) is 22.3 Å². The van der Waals surface area contributed by atoms with Crippen LogP contribution in [-0.4, -0.2) is 11.6 Å². The van der Waals surface area contributed by atoms with Crippen molar-refractivity contribution in [2.24, 2.45) is 0 Å². The summed E-state index contributed by atoms with van der Waals surface area (Å²) >= 11 is 0. The number of nitrogens with zero attached hydrogens (tertiary/aromatic N) is 2. The Hall–Kier alpha value is -6.38. The number of benzene rings is 8. The van der Waals surface area contributed by atoms with Crippen molar-refractivity contribution < 1.29 is 0 Å². The molecule has 0 saturated carbocycles. The SMILES string of the molecule is CC1CCc2ccccc2N1c1ccc2cc(-c3ccc(/C=C/c4ccc5c(c4)C(C)(C)c4cc(N6c7ccccc7CCC6(C)C)ccc4-5)c4ccccc34)ccc2c1. The second-order valence-corrected chi connectivity index (χ2v) is 18.7. The Morgan fingerprint density at radius 1 is 0.533 bits per heavy atom. The molecule has 0 radical (unpaired) electrons. The van der Waals surface area contributed by atoms with Crippen molar-refractivity contribution in [1.29, 1.82) is 0 Å². The molecule has 0 aromatic heterocycles. The predicted molar refractivity (Wildman–Crippen MR) is 257 cm³/mol. The van der Waals surface area contributed by atoms with Gasteiger partial charge in [0.2, 0.25) is 0 Å². The minimum atomic E-state index is -0.114. The highest BCUT2D eigenvalue weighted by molar-refractivity contribution is 6.04. The van der Waals surface area contributed by atoms with Gasteiger partial charge in [-0.15, -0.1) is 0 Å². The van der Waals surface area contributed by atoms with Gasteiger partial charge in [0.05, 0.1) is 0 Å². The first-order valence-corrected chi connectivity index (χ1v) is 21.9. The third kappa shape index (κ3) is 5.91. The lowest BCUT2D eigenvalue weighted by Gasteiger charge is -2.45. The molecular weight excluding hydrogens is 725 g/mol. The highest BCUT2D eigenvalue weighted by Crippen LogP contribution is 2.52. The van der Waals surface area contributed by atoms with Gasteiger partial charge in [-0.05, 0) is 166 Å². The van der Waals surface area contributed by atoms with Gasteiger partial charge >= 0.3 is 0 Å². The fraction of sp³-hybridized carbons (Fsp3) is 0.207. The molecule has 8 aromatic rings. The molecule has 2 nitrogen and oxygen atoms in total. The lowest BCUT2D eigenvalue weighted by atomic mass is 9.81. The van der Waals surface area contributed by atoms with Crippen LogP contribution in [0, 0.1) is 0 Å². The molecule has 0 spiro atoms. The fourth-order valence-electron chi connectivity index (χ4n) is 10.8. The van der Waals surface area contributed by atoms with E-state index in [-0.39, 0.29) is 11.0 Å². The summed E-state index contributed by atoms with van der Waals surface area (Å²) in [4.78, 5) is 5.11. The van der Waals surface area contributed by atoms with E-state index in [2.05, 4.69) is 214 Å². The van der Waals surface area contributed by atoms with E-state index in [1.54, 1.807) is 0 Å². The molecule has 3 aliphatic rings. The molecule has 0 N–H and O–H groups in total. The summed E-state index contributed by atoms with van der Waals surface area (Å²) < 4.78 is 0. The van der Waals surface area contributed by atoms with E-state index >= 15 is 0 Å². The highest BCUT2D eigenvalue weighted by atomic mass is 15.2. The average molecular weight is 777 g/mol. The van der Waals surface area contributed by atoms with Gasteiger partial charge < -0.3 is 9.80 Å². The van der Waals surface area contributed by atoms with Crippen molar-refractivity contribution in [3.05, 3.63) is 191 Å². The number of hydrogen-bond acceptors (Lipinski definition) is 2. The molecule has 2 heterocycles. The Kier molecular flexibility index (Phi) is 8.47. The maximum Gasteiger partial charge on any atom is 0.0448 e. The third-order valence-corrected chi connectivity index (χ3v) is 14.1. The lowest BCUT2D eigenvalue weighted by Crippen LogP contribution is -2.44. The van der Waals surface area contributed by atoms with Gasteiger partial charge in [-0.2, -0.15) is 0 Å². The van der Waals surface area contributed by atoms with Crippen molar-refractivity contribution in [1.82, 2.24) is 0 Å². The minimum Gasteiger partial charge on any atom is -0.338 e. The number of anilines is 4. The summed E-state index contributed by atoms with van der Waals surface area (Å²) in [7, 11) is 0. The van der Waals surface area contributed by atoms with Crippen LogP contribution in [0.2, 0.25) is 0 Å². The van der Waals surface area contributed by atoms with Crippen LogP contribution in [0.1, 0.15) is 80.8 Å². The van der Waals surface area contributed by atoms with Crippen LogP contribution in [0.5, 0.6) is 0 Å². The monoisotopic (exact) mass is 776 g/mol. The van der Waals surface area contributed by atoms with Gasteiger partial charge in [0.25, 0.3) is 0 Å². The van der Waals surface area contributed by atoms with Crippen LogP contribution in [0.15, 0.2) is 158 Å². The van der Waals surface area contributed by atoms with E-state index in [1.807, 2.05) is 0 Å². The average Bonchev–Trinajstić information content (AvgIpc) is 3.49. The molecule has 11 rings (SSSR count). The van der Waals surface area contributed by atoms with E-state index in [9.17, 15) is 0 Å². The second kappa shape index (κ2) is 13.8. The first-order valence-electron chi connectivity index (χ1n) is 21.9. The van der Waals surface area contributed by atoms with Gasteiger partial charge in [-0.3, -0.25) is 0 Å². The summed E-state index contributed by atoms with van der Waals surface area (Å²) in [6, 6.07) is 60.0. The van der Waals surface area contributed by atoms with Gasteiger partial charge in [-0.25, -0.2) is 0 Å². The van der Waals surface area contributed by atoms with Crippen molar-refractivity contribution in [2.45, 2.75) is 77.3 Å². The maximum atomic E-state index is 2.58. The van der Waals surface area contributed by atoms with Gasteiger partial charge in [-0.1, -0.05) is 141 Å². The second-order valence-electron chi connectivity index (χ2n) is 18.7. The number of para-hydroxylation sites is 2. The predicted octanol–water partition coefficient (Wildman–Crippen LogP) is 15.5. The van der Waals surface area contributed by atoms with E-state index < -0.39 is 0 Å². The molecule has 1 unspecified atom stereocenters. The topological polar surface area (TPSA) is 6.48 Å². The van der Waals surface area contributed by atoms with Crippen LogP contribution in [0.4, 0.5) is 22.7 Å². The smallest absolute Gasteiger partial charge is 0.0448 e. The molecule has 0 amide bonds. The molecule has 0 fully saturated rings. The molecule has 2 heteroatoms. The first kappa shape index (κ1) is 36.7. The Bertz CT molecular complexity index is 3040. The number of rotatable bonds is 5. The van der Waals surface area contributed by atoms with Gasteiger partial charge in [0.1, 0.15) is 0 Å². The Labute approximate surface area is 355 Å². The van der Waals surface area contributed by atoms with E-state index in [4.69, 9.17) is 0 Å². The summed E-state index contributed by atoms with van der Waals surface area (Å²) in [6.07, 6.45) is 9.18. The summed E-state index contributed by atoms with van der Waals surface area (Å²) in [5.74, 6) is 0. The molecule has 0 bridgehead atoms. The zero-order valence-corrected chi connectivity index (χ0v) is 35.5. The molecule has 1 atom stereocenters. The summed E-state index contributed by atoms with van der Waals surface area (Å²) in [6.45, 7) is 11.9. The molecular formula is C58H52N2. The normalized spacial score (nSPS) is 17.4. The Balaban J connectivity index is 0.887. The first-order chi connectivity index (χ1) is 29.1. The minimum absolute atomic E-state index is 0.0402. The maximum absolute atomic E-state index is 2.58. The molecule has 2 aliphatic heterocycles. The van der Waals surface area contributed by atoms with E-state index in [0.29, 0.717) is 6.04 Å². The van der Waals surface area contributed by atoms with Gasteiger partial charge in [0, 0.05) is 39.7 Å². The zero-order chi connectivity index (χ0) is 40.8. The number of fused-ring (bicyclic) bond motifs is 7. The number of hydrogen-bond donors (Lipinski definition) is 0. The summed E-state index contributed by atoms with van der Waals surface area (Å²) in [5.41, 5.74) is 18.5. The fourth-order valence-corrected chi connectivity index (χ4v) is 10.8. The van der Waals surface area contributed by atoms with Crippen LogP contribution >= 0.6 is 0 Å². The van der Waals surface area contributed by atoms with E-state index in [0.717, 1.165) is 19.3 Å². The van der Waals surface area contributed by atoms with Crippen LogP contribution in [0.3, 0.4) is 0 Å². The molecule has 0 saturated heterocycles. The Morgan fingerprint density at radius 3 is 2.02 bits per heavy atom. The molecule has 60 heavy (non-hydrogen) atoms. The molecule has 8 aromatic carbocycles. The van der Waals surface area contributed by atoms with E-state index in [1.165, 1.54) is 106 Å². The van der Waals surface area contributed by atoms with Gasteiger partial charge in [0.15, 0.2) is 0 Å².